The number of carbonyl (C=O) groups excluding carboxylic acids is 1. The minimum atomic E-state index is -0.487. The highest BCUT2D eigenvalue weighted by Gasteiger charge is 2.45. The number of rotatable bonds is 5. The molecule has 2 rings (SSSR count). The van der Waals surface area contributed by atoms with E-state index < -0.39 is 5.54 Å². The van der Waals surface area contributed by atoms with Crippen molar-refractivity contribution in [3.8, 4) is 0 Å². The third kappa shape index (κ3) is 3.09. The summed E-state index contributed by atoms with van der Waals surface area (Å²) in [5, 5.41) is 3.32. The van der Waals surface area contributed by atoms with Gasteiger partial charge in [0.1, 0.15) is 0 Å². The SMILES string of the molecule is CCNC1(C(N)=O)CCC(N(C)C2CCOCC2)C1. The van der Waals surface area contributed by atoms with Gasteiger partial charge in [-0.1, -0.05) is 6.92 Å². The average molecular weight is 269 g/mol. The highest BCUT2D eigenvalue weighted by Crippen LogP contribution is 2.34. The first-order valence-electron chi connectivity index (χ1n) is 7.43. The van der Waals surface area contributed by atoms with Crippen LogP contribution in [-0.4, -0.2) is 55.2 Å². The van der Waals surface area contributed by atoms with Crippen molar-refractivity contribution in [2.75, 3.05) is 26.8 Å². The second-order valence-corrected chi connectivity index (χ2v) is 5.88. The smallest absolute Gasteiger partial charge is 0.237 e. The number of nitrogens with one attached hydrogen (secondary N) is 1. The number of nitrogens with zero attached hydrogens (tertiary/aromatic N) is 1. The van der Waals surface area contributed by atoms with Gasteiger partial charge >= 0.3 is 0 Å². The van der Waals surface area contributed by atoms with E-state index in [1.165, 1.54) is 0 Å². The number of amides is 1. The van der Waals surface area contributed by atoms with Crippen LogP contribution in [0.4, 0.5) is 0 Å². The molecule has 1 saturated heterocycles. The summed E-state index contributed by atoms with van der Waals surface area (Å²) in [6.07, 6.45) is 4.93. The molecule has 0 aromatic carbocycles. The molecule has 2 aliphatic rings. The summed E-state index contributed by atoms with van der Waals surface area (Å²) in [5.74, 6) is -0.197. The molecule has 1 aliphatic heterocycles. The first-order chi connectivity index (χ1) is 9.09. The second-order valence-electron chi connectivity index (χ2n) is 5.88. The lowest BCUT2D eigenvalue weighted by Crippen LogP contribution is -2.55. The third-order valence-electron chi connectivity index (χ3n) is 4.82. The highest BCUT2D eigenvalue weighted by atomic mass is 16.5. The Hall–Kier alpha value is -0.650. The summed E-state index contributed by atoms with van der Waals surface area (Å²) in [6.45, 7) is 4.53. The molecule has 110 valence electrons. The summed E-state index contributed by atoms with van der Waals surface area (Å²) >= 11 is 0. The van der Waals surface area contributed by atoms with Gasteiger partial charge in [-0.25, -0.2) is 0 Å². The van der Waals surface area contributed by atoms with Crippen LogP contribution in [-0.2, 0) is 9.53 Å². The lowest BCUT2D eigenvalue weighted by Gasteiger charge is -2.36. The highest BCUT2D eigenvalue weighted by molar-refractivity contribution is 5.85. The summed E-state index contributed by atoms with van der Waals surface area (Å²) in [4.78, 5) is 14.2. The standard InChI is InChI=1S/C14H27N3O2/c1-3-16-14(13(15)18)7-4-12(10-14)17(2)11-5-8-19-9-6-11/h11-12,16H,3-10H2,1-2H3,(H2,15,18). The largest absolute Gasteiger partial charge is 0.381 e. The molecule has 1 aliphatic carbocycles. The molecule has 5 heteroatoms. The van der Waals surface area contributed by atoms with E-state index in [9.17, 15) is 4.79 Å². The summed E-state index contributed by atoms with van der Waals surface area (Å²) < 4.78 is 5.42. The molecular formula is C14H27N3O2. The molecule has 0 aromatic heterocycles. The Bertz CT molecular complexity index is 318. The molecular weight excluding hydrogens is 242 g/mol. The zero-order chi connectivity index (χ0) is 13.9. The first kappa shape index (κ1) is 14.8. The van der Waals surface area contributed by atoms with Crippen LogP contribution in [0.5, 0.6) is 0 Å². The predicted octanol–water partition coefficient (Wildman–Crippen LogP) is 0.483. The van der Waals surface area contributed by atoms with E-state index in [1.54, 1.807) is 0 Å². The van der Waals surface area contributed by atoms with Gasteiger partial charge in [-0.2, -0.15) is 0 Å². The molecule has 1 amide bonds. The number of carbonyl (C=O) groups is 1. The van der Waals surface area contributed by atoms with E-state index >= 15 is 0 Å². The molecule has 1 heterocycles. The maximum Gasteiger partial charge on any atom is 0.237 e. The fourth-order valence-electron chi connectivity index (χ4n) is 3.57. The topological polar surface area (TPSA) is 67.6 Å². The zero-order valence-corrected chi connectivity index (χ0v) is 12.2. The number of ether oxygens (including phenoxy) is 1. The molecule has 0 aromatic rings. The van der Waals surface area contributed by atoms with Crippen molar-refractivity contribution in [1.29, 1.82) is 0 Å². The molecule has 3 N–H and O–H groups in total. The van der Waals surface area contributed by atoms with Gasteiger partial charge in [-0.15, -0.1) is 0 Å². The van der Waals surface area contributed by atoms with Crippen LogP contribution in [0, 0.1) is 0 Å². The van der Waals surface area contributed by atoms with Crippen molar-refractivity contribution >= 4 is 5.91 Å². The van der Waals surface area contributed by atoms with Crippen LogP contribution in [0.25, 0.3) is 0 Å². The van der Waals surface area contributed by atoms with Crippen LogP contribution in [0.15, 0.2) is 0 Å². The van der Waals surface area contributed by atoms with Crippen LogP contribution in [0.1, 0.15) is 39.0 Å². The van der Waals surface area contributed by atoms with E-state index in [1.807, 2.05) is 6.92 Å². The van der Waals surface area contributed by atoms with Crippen LogP contribution < -0.4 is 11.1 Å². The lowest BCUT2D eigenvalue weighted by molar-refractivity contribution is -0.124. The second kappa shape index (κ2) is 6.20. The number of hydrogen-bond acceptors (Lipinski definition) is 4. The van der Waals surface area contributed by atoms with Gasteiger partial charge in [-0.05, 0) is 45.7 Å². The molecule has 1 saturated carbocycles. The molecule has 19 heavy (non-hydrogen) atoms. The van der Waals surface area contributed by atoms with Gasteiger partial charge in [0.05, 0.1) is 5.54 Å². The maximum atomic E-state index is 11.8. The van der Waals surface area contributed by atoms with Gasteiger partial charge < -0.3 is 20.7 Å². The summed E-state index contributed by atoms with van der Waals surface area (Å²) in [6, 6.07) is 1.04. The summed E-state index contributed by atoms with van der Waals surface area (Å²) in [7, 11) is 2.18. The van der Waals surface area contributed by atoms with Crippen molar-refractivity contribution in [2.45, 2.75) is 56.7 Å². The van der Waals surface area contributed by atoms with E-state index in [0.29, 0.717) is 12.1 Å². The van der Waals surface area contributed by atoms with Gasteiger partial charge in [0, 0.05) is 25.3 Å². The minimum Gasteiger partial charge on any atom is -0.381 e. The zero-order valence-electron chi connectivity index (χ0n) is 12.2. The van der Waals surface area contributed by atoms with E-state index in [0.717, 1.165) is 51.9 Å². The Morgan fingerprint density at radius 2 is 2.05 bits per heavy atom. The Morgan fingerprint density at radius 1 is 1.37 bits per heavy atom. The molecule has 0 bridgehead atoms. The molecule has 2 atom stereocenters. The van der Waals surface area contributed by atoms with Crippen molar-refractivity contribution in [2.24, 2.45) is 5.73 Å². The fourth-order valence-corrected chi connectivity index (χ4v) is 3.57. The van der Waals surface area contributed by atoms with Crippen molar-refractivity contribution in [3.05, 3.63) is 0 Å². The quantitative estimate of drug-likeness (QED) is 0.762. The van der Waals surface area contributed by atoms with E-state index in [-0.39, 0.29) is 5.91 Å². The molecule has 0 spiro atoms. The fraction of sp³-hybridized carbons (Fsp3) is 0.929. The van der Waals surface area contributed by atoms with Crippen LogP contribution >= 0.6 is 0 Å². The van der Waals surface area contributed by atoms with E-state index in [2.05, 4.69) is 17.3 Å². The van der Waals surface area contributed by atoms with Crippen LogP contribution in [0.2, 0.25) is 0 Å². The van der Waals surface area contributed by atoms with Crippen molar-refractivity contribution in [3.63, 3.8) is 0 Å². The van der Waals surface area contributed by atoms with Crippen molar-refractivity contribution < 1.29 is 9.53 Å². The Labute approximate surface area is 115 Å². The Kier molecular flexibility index (Phi) is 4.81. The van der Waals surface area contributed by atoms with Crippen molar-refractivity contribution in [1.82, 2.24) is 10.2 Å². The minimum absolute atomic E-state index is 0.197. The Balaban J connectivity index is 1.97. The number of nitrogens with two attached hydrogens (primary N) is 1. The monoisotopic (exact) mass is 269 g/mol. The Morgan fingerprint density at radius 3 is 2.63 bits per heavy atom. The predicted molar refractivity (Wildman–Crippen MR) is 74.8 cm³/mol. The normalized spacial score (nSPS) is 32.9. The number of hydrogen-bond donors (Lipinski definition) is 2. The molecule has 2 unspecified atom stereocenters. The maximum absolute atomic E-state index is 11.8. The van der Waals surface area contributed by atoms with E-state index in [4.69, 9.17) is 10.5 Å². The molecule has 0 radical (unpaired) electrons. The van der Waals surface area contributed by atoms with Gasteiger partial charge in [0.25, 0.3) is 0 Å². The third-order valence-corrected chi connectivity index (χ3v) is 4.82. The average Bonchev–Trinajstić information content (AvgIpc) is 2.85. The summed E-state index contributed by atoms with van der Waals surface area (Å²) in [5.41, 5.74) is 5.13. The molecule has 5 nitrogen and oxygen atoms in total. The van der Waals surface area contributed by atoms with Gasteiger partial charge in [-0.3, -0.25) is 4.79 Å². The van der Waals surface area contributed by atoms with Gasteiger partial charge in [0.15, 0.2) is 0 Å². The van der Waals surface area contributed by atoms with Gasteiger partial charge in [0.2, 0.25) is 5.91 Å². The lowest BCUT2D eigenvalue weighted by atomic mass is 9.95. The van der Waals surface area contributed by atoms with Crippen LogP contribution in [0.3, 0.4) is 0 Å². The molecule has 2 fully saturated rings. The number of primary amides is 1. The first-order valence-corrected chi connectivity index (χ1v) is 7.43. The number of likely N-dealkylation sites (N-methyl/N-ethyl adjacent to an activating group) is 1.